The van der Waals surface area contributed by atoms with Crippen molar-refractivity contribution in [1.82, 2.24) is 0 Å². The number of aromatic hydroxyl groups is 1. The first-order chi connectivity index (χ1) is 22.5. The number of fused-ring (bicyclic) bond motifs is 2. The Morgan fingerprint density at radius 2 is 1.65 bits per heavy atom. The first-order valence-electron chi connectivity index (χ1n) is 17.6. The Labute approximate surface area is 285 Å². The zero-order valence-electron chi connectivity index (χ0n) is 30.1. The summed E-state index contributed by atoms with van der Waals surface area (Å²) in [5, 5.41) is 23.3. The fourth-order valence-corrected chi connectivity index (χ4v) is 8.75. The second-order valence-electron chi connectivity index (χ2n) is 15.9. The summed E-state index contributed by atoms with van der Waals surface area (Å²) in [7, 11) is 0. The van der Waals surface area contributed by atoms with Crippen LogP contribution in [0.2, 0.25) is 0 Å². The summed E-state index contributed by atoms with van der Waals surface area (Å²) in [6.45, 7) is 18.2. The third-order valence-corrected chi connectivity index (χ3v) is 11.1. The lowest BCUT2D eigenvalue weighted by atomic mass is 9.51. The molecule has 0 radical (unpaired) electrons. The number of benzene rings is 1. The molecular formula is C41H52O7. The van der Waals surface area contributed by atoms with Gasteiger partial charge in [0.2, 0.25) is 6.29 Å². The molecule has 258 valence electrons. The van der Waals surface area contributed by atoms with E-state index in [4.69, 9.17) is 14.2 Å². The smallest absolute Gasteiger partial charge is 0.200 e. The first-order valence-corrected chi connectivity index (χ1v) is 17.6. The van der Waals surface area contributed by atoms with Crippen molar-refractivity contribution in [1.29, 1.82) is 0 Å². The summed E-state index contributed by atoms with van der Waals surface area (Å²) >= 11 is 0. The molecule has 0 aromatic heterocycles. The van der Waals surface area contributed by atoms with Gasteiger partial charge >= 0.3 is 0 Å². The maximum absolute atomic E-state index is 14.8. The van der Waals surface area contributed by atoms with E-state index < -0.39 is 29.0 Å². The van der Waals surface area contributed by atoms with E-state index in [0.29, 0.717) is 48.1 Å². The number of rotatable bonds is 9. The molecule has 1 aromatic rings. The molecule has 3 heterocycles. The Bertz CT molecular complexity index is 1710. The van der Waals surface area contributed by atoms with Crippen molar-refractivity contribution in [2.45, 2.75) is 130 Å². The van der Waals surface area contributed by atoms with Crippen LogP contribution in [-0.4, -0.2) is 44.9 Å². The SMILES string of the molecule is CC(C)=CCC/C(C)=C/CC1Cc2c(O)c3c(c(CC=C(C)C)c2OC1O)O[C@]12C(=CC4CC1C(C)(C)O[C@]2(CC=C(C)C)C4=O)C3=O. The number of aliphatic hydroxyl groups is 1. The fourth-order valence-electron chi connectivity index (χ4n) is 8.75. The molecule has 7 nitrogen and oxygen atoms in total. The molecule has 2 N–H and O–H groups in total. The lowest BCUT2D eigenvalue weighted by molar-refractivity contribution is -0.171. The average Bonchev–Trinajstić information content (AvgIpc) is 3.15. The topological polar surface area (TPSA) is 102 Å². The lowest BCUT2D eigenvalue weighted by Gasteiger charge is -2.56. The predicted octanol–water partition coefficient (Wildman–Crippen LogP) is 8.22. The molecule has 3 aliphatic carbocycles. The van der Waals surface area contributed by atoms with Crippen molar-refractivity contribution in [3.05, 3.63) is 74.9 Å². The second kappa shape index (κ2) is 12.2. The van der Waals surface area contributed by atoms with E-state index in [-0.39, 0.29) is 46.9 Å². The minimum absolute atomic E-state index is 0.0615. The molecule has 1 aromatic carbocycles. The molecule has 48 heavy (non-hydrogen) atoms. The van der Waals surface area contributed by atoms with Crippen LogP contribution in [0.1, 0.15) is 116 Å². The second-order valence-corrected chi connectivity index (χ2v) is 15.9. The first kappa shape index (κ1) is 34.4. The van der Waals surface area contributed by atoms with E-state index in [0.717, 1.165) is 24.0 Å². The van der Waals surface area contributed by atoms with Crippen molar-refractivity contribution >= 4 is 11.6 Å². The minimum Gasteiger partial charge on any atom is -0.507 e. The molecule has 7 heteroatoms. The summed E-state index contributed by atoms with van der Waals surface area (Å²) < 4.78 is 20.3. The maximum Gasteiger partial charge on any atom is 0.200 e. The number of ether oxygens (including phenoxy) is 3. The van der Waals surface area contributed by atoms with Crippen LogP contribution in [0.25, 0.3) is 0 Å². The maximum atomic E-state index is 14.8. The van der Waals surface area contributed by atoms with Gasteiger partial charge in [0.15, 0.2) is 22.8 Å². The Morgan fingerprint density at radius 1 is 0.958 bits per heavy atom. The molecule has 6 aliphatic rings. The van der Waals surface area contributed by atoms with Gasteiger partial charge in [-0.15, -0.1) is 0 Å². The van der Waals surface area contributed by atoms with Crippen molar-refractivity contribution < 1.29 is 34.0 Å². The van der Waals surface area contributed by atoms with Crippen molar-refractivity contribution in [3.63, 3.8) is 0 Å². The number of carbonyl (C=O) groups is 2. The van der Waals surface area contributed by atoms with Gasteiger partial charge in [-0.25, -0.2) is 0 Å². The summed E-state index contributed by atoms with van der Waals surface area (Å²) in [6, 6.07) is 0. The molecule has 7 rings (SSSR count). The molecule has 4 unspecified atom stereocenters. The summed E-state index contributed by atoms with van der Waals surface area (Å²) in [5.74, 6) is -1.00. The number of Topliss-reactive ketones (excluding diaryl/α,β-unsaturated/α-hetero) is 2. The molecule has 6 atom stereocenters. The third-order valence-electron chi connectivity index (χ3n) is 11.1. The molecule has 1 saturated carbocycles. The van der Waals surface area contributed by atoms with E-state index in [1.165, 1.54) is 11.1 Å². The highest BCUT2D eigenvalue weighted by molar-refractivity contribution is 6.18. The summed E-state index contributed by atoms with van der Waals surface area (Å²) in [6.07, 6.45) is 13.0. The highest BCUT2D eigenvalue weighted by Gasteiger charge is 2.81. The van der Waals surface area contributed by atoms with Crippen molar-refractivity contribution in [2.75, 3.05) is 0 Å². The van der Waals surface area contributed by atoms with Crippen LogP contribution >= 0.6 is 0 Å². The largest absolute Gasteiger partial charge is 0.507 e. The van der Waals surface area contributed by atoms with E-state index in [1.54, 1.807) is 6.08 Å². The van der Waals surface area contributed by atoms with Crippen molar-refractivity contribution in [3.8, 4) is 17.2 Å². The van der Waals surface area contributed by atoms with Crippen LogP contribution in [0, 0.1) is 17.8 Å². The number of hydrogen-bond acceptors (Lipinski definition) is 7. The minimum atomic E-state index is -1.39. The number of phenolic OH excluding ortho intramolecular Hbond substituents is 1. The summed E-state index contributed by atoms with van der Waals surface area (Å²) in [5.41, 5.74) is 2.77. The van der Waals surface area contributed by atoms with E-state index >= 15 is 0 Å². The Hall–Kier alpha value is -3.42. The molecule has 1 spiro atoms. The van der Waals surface area contributed by atoms with Crippen molar-refractivity contribution in [2.24, 2.45) is 17.8 Å². The van der Waals surface area contributed by atoms with Gasteiger partial charge < -0.3 is 24.4 Å². The van der Waals surface area contributed by atoms with Gasteiger partial charge in [-0.1, -0.05) is 52.7 Å². The highest BCUT2D eigenvalue weighted by Crippen LogP contribution is 2.68. The number of ketones is 2. The quantitative estimate of drug-likeness (QED) is 0.258. The molecular weight excluding hydrogens is 604 g/mol. The number of allylic oxidation sites excluding steroid dienone is 8. The van der Waals surface area contributed by atoms with Crippen LogP contribution in [0.4, 0.5) is 0 Å². The van der Waals surface area contributed by atoms with Gasteiger partial charge in [0.25, 0.3) is 0 Å². The third kappa shape index (κ3) is 5.24. The lowest BCUT2D eigenvalue weighted by Crippen LogP contribution is -2.72. The molecule has 0 amide bonds. The Balaban J connectivity index is 1.48. The Kier molecular flexibility index (Phi) is 8.73. The van der Waals surface area contributed by atoms with E-state index in [9.17, 15) is 19.8 Å². The zero-order valence-corrected chi connectivity index (χ0v) is 30.1. The average molecular weight is 657 g/mol. The number of hydrogen-bond donors (Lipinski definition) is 2. The van der Waals surface area contributed by atoms with Gasteiger partial charge in [-0.05, 0) is 101 Å². The van der Waals surface area contributed by atoms with Crippen LogP contribution < -0.4 is 9.47 Å². The highest BCUT2D eigenvalue weighted by atomic mass is 16.6. The van der Waals surface area contributed by atoms with E-state index in [2.05, 4.69) is 32.9 Å². The van der Waals surface area contributed by atoms with Crippen LogP contribution in [-0.2, 0) is 22.4 Å². The molecule has 1 saturated heterocycles. The summed E-state index contributed by atoms with van der Waals surface area (Å²) in [4.78, 5) is 29.1. The number of carbonyl (C=O) groups excluding carboxylic acids is 2. The van der Waals surface area contributed by atoms with Crippen LogP contribution in [0.3, 0.4) is 0 Å². The number of aliphatic hydroxyl groups excluding tert-OH is 1. The molecule has 4 bridgehead atoms. The van der Waals surface area contributed by atoms with Crippen LogP contribution in [0.5, 0.6) is 17.2 Å². The normalized spacial score (nSPS) is 30.7. The van der Waals surface area contributed by atoms with Gasteiger partial charge in [0, 0.05) is 40.9 Å². The monoisotopic (exact) mass is 656 g/mol. The van der Waals surface area contributed by atoms with Gasteiger partial charge in [-0.3, -0.25) is 9.59 Å². The molecule has 2 fully saturated rings. The van der Waals surface area contributed by atoms with Gasteiger partial charge in [0.1, 0.15) is 22.8 Å². The predicted molar refractivity (Wildman–Crippen MR) is 186 cm³/mol. The van der Waals surface area contributed by atoms with E-state index in [1.807, 2.05) is 53.7 Å². The number of phenols is 1. The Morgan fingerprint density at radius 3 is 2.31 bits per heavy atom. The fraction of sp³-hybridized carbons (Fsp3) is 0.561. The standard InChI is InChI=1S/C41H52O7/c1-22(2)11-10-12-25(7)14-15-26-19-29-33(42)32-34(43)30-20-27-21-31-39(8,9)48-40(37(27)44,18-17-24(5)6)41(30,31)47-36(32)28(16-13-23(3)4)35(29)46-38(26)45/h11,13-14,17,20,26-27,31,38,42,45H,10,12,15-16,18-19,21H2,1-9H3/b25-14+/t26?,27?,31?,38?,40-,41-/m1/s1. The van der Waals surface area contributed by atoms with Gasteiger partial charge in [-0.2, -0.15) is 0 Å². The van der Waals surface area contributed by atoms with Crippen LogP contribution in [0.15, 0.2) is 58.2 Å². The molecule has 3 aliphatic heterocycles. The van der Waals surface area contributed by atoms with Gasteiger partial charge in [0.05, 0.1) is 5.60 Å². The zero-order chi connectivity index (χ0) is 34.9.